The number of phosphoric ester groups is 1. The highest BCUT2D eigenvalue weighted by Crippen LogP contribution is 2.43. The zero-order valence-corrected chi connectivity index (χ0v) is 60.0. The molecular formula is C80H146NO8P. The first-order chi connectivity index (χ1) is 44.3. The van der Waals surface area contributed by atoms with Gasteiger partial charge < -0.3 is 20.1 Å². The van der Waals surface area contributed by atoms with E-state index in [1.54, 1.807) is 0 Å². The highest BCUT2D eigenvalue weighted by Gasteiger charge is 2.26. The highest BCUT2D eigenvalue weighted by molar-refractivity contribution is 7.47. The van der Waals surface area contributed by atoms with E-state index in [-0.39, 0.29) is 38.6 Å². The Hall–Kier alpha value is -2.81. The molecular weight excluding hydrogens is 1130 g/mol. The van der Waals surface area contributed by atoms with E-state index in [1.807, 2.05) is 0 Å². The number of esters is 2. The van der Waals surface area contributed by atoms with Crippen molar-refractivity contribution < 1.29 is 37.6 Å². The van der Waals surface area contributed by atoms with Gasteiger partial charge in [0, 0.05) is 19.4 Å². The van der Waals surface area contributed by atoms with E-state index in [1.165, 1.54) is 263 Å². The number of nitrogens with two attached hydrogens (primary N) is 1. The first kappa shape index (κ1) is 87.2. The third kappa shape index (κ3) is 74.2. The largest absolute Gasteiger partial charge is 0.472 e. The van der Waals surface area contributed by atoms with Gasteiger partial charge in [-0.15, -0.1) is 0 Å². The van der Waals surface area contributed by atoms with Gasteiger partial charge in [0.15, 0.2) is 6.10 Å². The van der Waals surface area contributed by atoms with Crippen molar-refractivity contribution in [1.82, 2.24) is 0 Å². The fourth-order valence-electron chi connectivity index (χ4n) is 11.4. The summed E-state index contributed by atoms with van der Waals surface area (Å²) in [5.41, 5.74) is 5.41. The van der Waals surface area contributed by atoms with Crippen LogP contribution in [0.1, 0.15) is 380 Å². The molecule has 0 amide bonds. The van der Waals surface area contributed by atoms with E-state index >= 15 is 0 Å². The maximum absolute atomic E-state index is 12.8. The monoisotopic (exact) mass is 1280 g/mol. The molecule has 0 rings (SSSR count). The maximum Gasteiger partial charge on any atom is 0.472 e. The van der Waals surface area contributed by atoms with Crippen molar-refractivity contribution in [2.75, 3.05) is 26.4 Å². The molecule has 0 aromatic heterocycles. The molecule has 0 spiro atoms. The predicted molar refractivity (Wildman–Crippen MR) is 390 cm³/mol. The van der Waals surface area contributed by atoms with Crippen molar-refractivity contribution in [1.29, 1.82) is 0 Å². The number of hydrogen-bond donors (Lipinski definition) is 2. The van der Waals surface area contributed by atoms with E-state index in [2.05, 4.69) is 98.9 Å². The molecule has 0 heterocycles. The van der Waals surface area contributed by atoms with E-state index in [0.717, 1.165) is 83.5 Å². The quantitative estimate of drug-likeness (QED) is 0.0264. The first-order valence-corrected chi connectivity index (χ1v) is 40.1. The predicted octanol–water partition coefficient (Wildman–Crippen LogP) is 25.7. The number of hydrogen-bond acceptors (Lipinski definition) is 8. The number of allylic oxidation sites excluding steroid dienone is 14. The second-order valence-corrected chi connectivity index (χ2v) is 27.3. The molecule has 2 unspecified atom stereocenters. The Balaban J connectivity index is 3.82. The molecule has 0 fully saturated rings. The van der Waals surface area contributed by atoms with Crippen molar-refractivity contribution in [3.63, 3.8) is 0 Å². The van der Waals surface area contributed by atoms with E-state index < -0.39 is 26.5 Å². The molecule has 9 nitrogen and oxygen atoms in total. The first-order valence-electron chi connectivity index (χ1n) is 38.6. The van der Waals surface area contributed by atoms with Gasteiger partial charge in [-0.2, -0.15) is 0 Å². The Morgan fingerprint density at radius 2 is 0.611 bits per heavy atom. The smallest absolute Gasteiger partial charge is 0.462 e. The third-order valence-electron chi connectivity index (χ3n) is 17.0. The molecule has 0 bridgehead atoms. The summed E-state index contributed by atoms with van der Waals surface area (Å²) in [7, 11) is -4.40. The molecule has 2 atom stereocenters. The van der Waals surface area contributed by atoms with Gasteiger partial charge in [0.1, 0.15) is 6.61 Å². The molecule has 90 heavy (non-hydrogen) atoms. The Labute approximate surface area is 557 Å². The Bertz CT molecular complexity index is 1750. The summed E-state index contributed by atoms with van der Waals surface area (Å²) in [6.07, 6.45) is 101. The molecule has 0 saturated heterocycles. The van der Waals surface area contributed by atoms with Crippen LogP contribution in [-0.2, 0) is 32.7 Å². The fraction of sp³-hybridized carbons (Fsp3) is 0.800. The molecule has 0 aromatic rings. The van der Waals surface area contributed by atoms with Crippen LogP contribution in [0.15, 0.2) is 85.1 Å². The second kappa shape index (κ2) is 75.2. The summed E-state index contributed by atoms with van der Waals surface area (Å²) in [6.45, 7) is 3.69. The molecule has 0 aliphatic carbocycles. The summed E-state index contributed by atoms with van der Waals surface area (Å²) in [6, 6.07) is 0. The van der Waals surface area contributed by atoms with E-state index in [0.29, 0.717) is 6.42 Å². The van der Waals surface area contributed by atoms with Gasteiger partial charge in [0.05, 0.1) is 13.2 Å². The van der Waals surface area contributed by atoms with Crippen molar-refractivity contribution >= 4 is 19.8 Å². The highest BCUT2D eigenvalue weighted by atomic mass is 31.2. The van der Waals surface area contributed by atoms with Crippen molar-refractivity contribution in [3.05, 3.63) is 85.1 Å². The SMILES string of the molecule is CC/C=C\C/C=C\C/C=C\C/C=C\C/C=C\C/C=C\C/C=C\CCCCCCCCCCCCCCCCCC(=O)OC(COC(=O)CCCCCCCCCCCCCCCCCCCCCCCCCCCCCCCCCC)COP(=O)(O)OCCN. The van der Waals surface area contributed by atoms with Gasteiger partial charge in [0.2, 0.25) is 0 Å². The number of carbonyl (C=O) groups is 2. The number of phosphoric acid groups is 1. The number of unbranched alkanes of at least 4 members (excludes halogenated alkanes) is 46. The minimum absolute atomic E-state index is 0.0533. The zero-order chi connectivity index (χ0) is 65.1. The Morgan fingerprint density at radius 3 is 0.911 bits per heavy atom. The number of carbonyl (C=O) groups excluding carboxylic acids is 2. The summed E-state index contributed by atoms with van der Waals surface area (Å²) in [4.78, 5) is 35.4. The standard InChI is InChI=1S/C80H146NO8P/c1-3-5-7-9-11-13-15-17-19-21-23-25-27-29-31-33-35-37-38-39-40-41-43-45-47-49-51-53-55-57-59-61-63-65-67-69-71-73-80(83)89-78(77-88-90(84,85)87-75-74-81)76-86-79(82)72-70-68-66-64-62-60-58-56-54-52-50-48-46-44-42-36-34-32-30-28-26-24-22-20-18-16-14-12-10-8-6-4-2/h5,7,11,13,17,19,23,25,29,31,35,37,39-40,78H,3-4,6,8-10,12,14-16,18,20-22,24,26-28,30,32-34,36,38,41-77,81H2,1-2H3,(H,84,85)/b7-5-,13-11-,19-17-,25-23-,31-29-,37-35-,40-39-. The number of ether oxygens (including phenoxy) is 2. The van der Waals surface area contributed by atoms with Gasteiger partial charge in [-0.1, -0.05) is 381 Å². The normalized spacial score (nSPS) is 13.3. The van der Waals surface area contributed by atoms with Crippen LogP contribution in [0.25, 0.3) is 0 Å². The molecule has 0 aliphatic heterocycles. The molecule has 10 heteroatoms. The zero-order valence-electron chi connectivity index (χ0n) is 59.1. The molecule has 0 aromatic carbocycles. The average molecular weight is 1280 g/mol. The third-order valence-corrected chi connectivity index (χ3v) is 18.0. The van der Waals surface area contributed by atoms with E-state index in [9.17, 15) is 19.0 Å². The summed E-state index contributed by atoms with van der Waals surface area (Å²) in [5, 5.41) is 0. The molecule has 0 saturated carbocycles. The molecule has 3 N–H and O–H groups in total. The lowest BCUT2D eigenvalue weighted by atomic mass is 10.0. The average Bonchev–Trinajstić information content (AvgIpc) is 3.75. The summed E-state index contributed by atoms with van der Waals surface area (Å²) >= 11 is 0. The van der Waals surface area contributed by atoms with Gasteiger partial charge in [-0.25, -0.2) is 4.57 Å². The van der Waals surface area contributed by atoms with Crippen LogP contribution in [0.3, 0.4) is 0 Å². The number of rotatable bonds is 73. The Morgan fingerprint density at radius 1 is 0.344 bits per heavy atom. The second-order valence-electron chi connectivity index (χ2n) is 25.9. The van der Waals surface area contributed by atoms with Crippen molar-refractivity contribution in [3.8, 4) is 0 Å². The maximum atomic E-state index is 12.8. The minimum atomic E-state index is -4.40. The Kier molecular flexibility index (Phi) is 72.9. The van der Waals surface area contributed by atoms with Crippen LogP contribution in [0, 0.1) is 0 Å². The summed E-state index contributed by atoms with van der Waals surface area (Å²) in [5.74, 6) is -0.810. The molecule has 524 valence electrons. The lowest BCUT2D eigenvalue weighted by Crippen LogP contribution is -2.29. The van der Waals surface area contributed by atoms with Crippen LogP contribution < -0.4 is 5.73 Å². The summed E-state index contributed by atoms with van der Waals surface area (Å²) < 4.78 is 33.3. The van der Waals surface area contributed by atoms with Crippen LogP contribution >= 0.6 is 7.82 Å². The minimum Gasteiger partial charge on any atom is -0.462 e. The van der Waals surface area contributed by atoms with Crippen LogP contribution in [0.2, 0.25) is 0 Å². The van der Waals surface area contributed by atoms with Gasteiger partial charge in [-0.3, -0.25) is 18.6 Å². The van der Waals surface area contributed by atoms with Crippen LogP contribution in [-0.4, -0.2) is 49.3 Å². The molecule has 0 radical (unpaired) electrons. The van der Waals surface area contributed by atoms with Crippen molar-refractivity contribution in [2.24, 2.45) is 5.73 Å². The molecule has 0 aliphatic rings. The van der Waals surface area contributed by atoms with Gasteiger partial charge in [-0.05, 0) is 70.6 Å². The van der Waals surface area contributed by atoms with Crippen molar-refractivity contribution in [2.45, 2.75) is 386 Å². The van der Waals surface area contributed by atoms with Gasteiger partial charge >= 0.3 is 19.8 Å². The lowest BCUT2D eigenvalue weighted by molar-refractivity contribution is -0.161. The topological polar surface area (TPSA) is 134 Å². The van der Waals surface area contributed by atoms with Crippen LogP contribution in [0.5, 0.6) is 0 Å². The fourth-order valence-corrected chi connectivity index (χ4v) is 12.2. The van der Waals surface area contributed by atoms with Crippen LogP contribution in [0.4, 0.5) is 0 Å². The lowest BCUT2D eigenvalue weighted by Gasteiger charge is -2.19. The van der Waals surface area contributed by atoms with Gasteiger partial charge in [0.25, 0.3) is 0 Å². The van der Waals surface area contributed by atoms with E-state index in [4.69, 9.17) is 24.3 Å².